The van der Waals surface area contributed by atoms with Crippen LogP contribution in [0.15, 0.2) is 18.2 Å². The SMILES string of the molecule is CNCc1cc(Cl)ccc1N(CCCO)C(C)C. The van der Waals surface area contributed by atoms with Crippen molar-refractivity contribution in [2.75, 3.05) is 25.1 Å². The largest absolute Gasteiger partial charge is 0.396 e. The molecule has 1 aromatic rings. The number of aliphatic hydroxyl groups is 1. The first-order valence-corrected chi connectivity index (χ1v) is 6.78. The summed E-state index contributed by atoms with van der Waals surface area (Å²) in [5.74, 6) is 0. The number of nitrogens with one attached hydrogen (secondary N) is 1. The molecule has 2 N–H and O–H groups in total. The quantitative estimate of drug-likeness (QED) is 0.800. The van der Waals surface area contributed by atoms with Crippen LogP contribution in [0.4, 0.5) is 5.69 Å². The lowest BCUT2D eigenvalue weighted by atomic mass is 10.1. The van der Waals surface area contributed by atoms with Crippen molar-refractivity contribution in [3.05, 3.63) is 28.8 Å². The molecule has 1 aromatic carbocycles. The van der Waals surface area contributed by atoms with Gasteiger partial charge in [-0.15, -0.1) is 0 Å². The molecular formula is C14H23ClN2O. The van der Waals surface area contributed by atoms with Gasteiger partial charge in [0.1, 0.15) is 0 Å². The minimum Gasteiger partial charge on any atom is -0.396 e. The summed E-state index contributed by atoms with van der Waals surface area (Å²) in [7, 11) is 1.93. The molecule has 0 amide bonds. The van der Waals surface area contributed by atoms with Gasteiger partial charge >= 0.3 is 0 Å². The number of aliphatic hydroxyl groups excluding tert-OH is 1. The number of benzene rings is 1. The van der Waals surface area contributed by atoms with E-state index >= 15 is 0 Å². The van der Waals surface area contributed by atoms with Crippen LogP contribution in [-0.2, 0) is 6.54 Å². The first-order valence-electron chi connectivity index (χ1n) is 6.40. The summed E-state index contributed by atoms with van der Waals surface area (Å²) in [4.78, 5) is 2.30. The third kappa shape index (κ3) is 4.16. The number of hydrogen-bond donors (Lipinski definition) is 2. The third-order valence-corrected chi connectivity index (χ3v) is 3.13. The van der Waals surface area contributed by atoms with Crippen LogP contribution in [0.3, 0.4) is 0 Å². The Kier molecular flexibility index (Phi) is 6.47. The molecule has 4 heteroatoms. The fraction of sp³-hybridized carbons (Fsp3) is 0.571. The van der Waals surface area contributed by atoms with E-state index in [2.05, 4.69) is 30.1 Å². The minimum absolute atomic E-state index is 0.220. The minimum atomic E-state index is 0.220. The Morgan fingerprint density at radius 3 is 2.67 bits per heavy atom. The molecular weight excluding hydrogens is 248 g/mol. The summed E-state index contributed by atoms with van der Waals surface area (Å²) >= 11 is 6.05. The van der Waals surface area contributed by atoms with Gasteiger partial charge in [0.05, 0.1) is 0 Å². The highest BCUT2D eigenvalue weighted by Gasteiger charge is 2.14. The van der Waals surface area contributed by atoms with Crippen LogP contribution in [0.25, 0.3) is 0 Å². The van der Waals surface area contributed by atoms with Crippen molar-refractivity contribution in [3.63, 3.8) is 0 Å². The van der Waals surface area contributed by atoms with Crippen LogP contribution in [0, 0.1) is 0 Å². The average molecular weight is 271 g/mol. The van der Waals surface area contributed by atoms with E-state index in [1.54, 1.807) is 0 Å². The van der Waals surface area contributed by atoms with E-state index in [0.717, 1.165) is 24.5 Å². The number of halogens is 1. The fourth-order valence-electron chi connectivity index (χ4n) is 2.06. The third-order valence-electron chi connectivity index (χ3n) is 2.90. The topological polar surface area (TPSA) is 35.5 Å². The molecule has 18 heavy (non-hydrogen) atoms. The molecule has 102 valence electrons. The van der Waals surface area contributed by atoms with Crippen LogP contribution >= 0.6 is 11.6 Å². The molecule has 0 radical (unpaired) electrons. The smallest absolute Gasteiger partial charge is 0.0447 e. The van der Waals surface area contributed by atoms with Gasteiger partial charge in [-0.2, -0.15) is 0 Å². The van der Waals surface area contributed by atoms with E-state index in [1.165, 1.54) is 11.3 Å². The Bertz CT molecular complexity index is 369. The van der Waals surface area contributed by atoms with Crippen LogP contribution < -0.4 is 10.2 Å². The molecule has 0 saturated heterocycles. The molecule has 0 saturated carbocycles. The highest BCUT2D eigenvalue weighted by atomic mass is 35.5. The van der Waals surface area contributed by atoms with Crippen LogP contribution in [0.1, 0.15) is 25.8 Å². The molecule has 0 aliphatic heterocycles. The van der Waals surface area contributed by atoms with Gasteiger partial charge in [0, 0.05) is 36.4 Å². The van der Waals surface area contributed by atoms with Crippen molar-refractivity contribution in [1.82, 2.24) is 5.32 Å². The zero-order chi connectivity index (χ0) is 13.5. The maximum atomic E-state index is 9.00. The van der Waals surface area contributed by atoms with Crippen molar-refractivity contribution < 1.29 is 5.11 Å². The van der Waals surface area contributed by atoms with Gasteiger partial charge in [0.25, 0.3) is 0 Å². The van der Waals surface area contributed by atoms with Crippen molar-refractivity contribution in [2.24, 2.45) is 0 Å². The summed E-state index contributed by atoms with van der Waals surface area (Å²) in [5, 5.41) is 12.9. The maximum absolute atomic E-state index is 9.00. The number of nitrogens with zero attached hydrogens (tertiary/aromatic N) is 1. The molecule has 0 fully saturated rings. The molecule has 1 rings (SSSR count). The first-order chi connectivity index (χ1) is 8.60. The second-order valence-electron chi connectivity index (χ2n) is 4.67. The Hall–Kier alpha value is -0.770. The number of hydrogen-bond acceptors (Lipinski definition) is 3. The summed E-state index contributed by atoms with van der Waals surface area (Å²) < 4.78 is 0. The predicted molar refractivity (Wildman–Crippen MR) is 78.4 cm³/mol. The highest BCUT2D eigenvalue weighted by molar-refractivity contribution is 6.30. The van der Waals surface area contributed by atoms with Gasteiger partial charge in [-0.25, -0.2) is 0 Å². The van der Waals surface area contributed by atoms with Crippen molar-refractivity contribution in [2.45, 2.75) is 32.9 Å². The van der Waals surface area contributed by atoms with Gasteiger partial charge in [-0.05, 0) is 51.1 Å². The predicted octanol–water partition coefficient (Wildman–Crippen LogP) is 2.66. The molecule has 0 aliphatic rings. The summed E-state index contributed by atoms with van der Waals surface area (Å²) in [5.41, 5.74) is 2.38. The zero-order valence-electron chi connectivity index (χ0n) is 11.4. The van der Waals surface area contributed by atoms with Crippen LogP contribution in [0.5, 0.6) is 0 Å². The standard InChI is InChI=1S/C14H23ClN2O/c1-11(2)17(7-4-8-18)14-6-5-13(15)9-12(14)10-16-3/h5-6,9,11,16,18H,4,7-8,10H2,1-3H3. The lowest BCUT2D eigenvalue weighted by Gasteiger charge is -2.31. The van der Waals surface area contributed by atoms with Crippen LogP contribution in [0.2, 0.25) is 5.02 Å². The Labute approximate surface area is 115 Å². The monoisotopic (exact) mass is 270 g/mol. The van der Waals surface area contributed by atoms with E-state index in [-0.39, 0.29) is 6.61 Å². The van der Waals surface area contributed by atoms with Gasteiger partial charge in [0.2, 0.25) is 0 Å². The Morgan fingerprint density at radius 1 is 1.39 bits per heavy atom. The lowest BCUT2D eigenvalue weighted by molar-refractivity contribution is 0.288. The molecule has 0 aromatic heterocycles. The van der Waals surface area contributed by atoms with E-state index in [0.29, 0.717) is 6.04 Å². The van der Waals surface area contributed by atoms with Crippen molar-refractivity contribution in [1.29, 1.82) is 0 Å². The van der Waals surface area contributed by atoms with Gasteiger partial charge in [-0.3, -0.25) is 0 Å². The lowest BCUT2D eigenvalue weighted by Crippen LogP contribution is -2.33. The average Bonchev–Trinajstić information content (AvgIpc) is 2.32. The van der Waals surface area contributed by atoms with E-state index < -0.39 is 0 Å². The zero-order valence-corrected chi connectivity index (χ0v) is 12.2. The normalized spacial score (nSPS) is 11.0. The Morgan fingerprint density at radius 2 is 2.11 bits per heavy atom. The summed E-state index contributed by atoms with van der Waals surface area (Å²) in [6.45, 7) is 6.19. The second-order valence-corrected chi connectivity index (χ2v) is 5.10. The molecule has 3 nitrogen and oxygen atoms in total. The van der Waals surface area contributed by atoms with Gasteiger partial charge < -0.3 is 15.3 Å². The molecule has 0 spiro atoms. The van der Waals surface area contributed by atoms with Gasteiger partial charge in [0.15, 0.2) is 0 Å². The van der Waals surface area contributed by atoms with E-state index in [9.17, 15) is 0 Å². The number of anilines is 1. The van der Waals surface area contributed by atoms with E-state index in [4.69, 9.17) is 16.7 Å². The Balaban J connectivity index is 3.01. The molecule has 0 heterocycles. The first kappa shape index (κ1) is 15.3. The van der Waals surface area contributed by atoms with Crippen LogP contribution in [-0.4, -0.2) is 31.3 Å². The molecule has 0 bridgehead atoms. The maximum Gasteiger partial charge on any atom is 0.0447 e. The molecule has 0 aliphatic carbocycles. The molecule has 0 atom stereocenters. The van der Waals surface area contributed by atoms with Crippen molar-refractivity contribution >= 4 is 17.3 Å². The second kappa shape index (κ2) is 7.62. The highest BCUT2D eigenvalue weighted by Crippen LogP contribution is 2.26. The van der Waals surface area contributed by atoms with Gasteiger partial charge in [-0.1, -0.05) is 11.6 Å². The fourth-order valence-corrected chi connectivity index (χ4v) is 2.26. The summed E-state index contributed by atoms with van der Waals surface area (Å²) in [6, 6.07) is 6.38. The number of rotatable bonds is 7. The molecule has 0 unspecified atom stereocenters. The summed E-state index contributed by atoms with van der Waals surface area (Å²) in [6.07, 6.45) is 0.778. The van der Waals surface area contributed by atoms with Crippen molar-refractivity contribution in [3.8, 4) is 0 Å². The van der Waals surface area contributed by atoms with E-state index in [1.807, 2.05) is 19.2 Å².